The Kier molecular flexibility index (Phi) is 16.5. The van der Waals surface area contributed by atoms with Gasteiger partial charge in [-0.2, -0.15) is 0 Å². The molecule has 0 aliphatic carbocycles. The quantitative estimate of drug-likeness (QED) is 0.374. The van der Waals surface area contributed by atoms with Gasteiger partial charge in [0.2, 0.25) is 0 Å². The molecule has 0 heterocycles. The van der Waals surface area contributed by atoms with Crippen LogP contribution >= 0.6 is 0 Å². The summed E-state index contributed by atoms with van der Waals surface area (Å²) in [5.41, 5.74) is 1.46. The van der Waals surface area contributed by atoms with Crippen LogP contribution in [0.1, 0.15) is 76.7 Å². The summed E-state index contributed by atoms with van der Waals surface area (Å²) in [5, 5.41) is 0. The van der Waals surface area contributed by atoms with E-state index in [-0.39, 0.29) is 11.0 Å². The van der Waals surface area contributed by atoms with Crippen molar-refractivity contribution in [3.8, 4) is 0 Å². The normalized spacial score (nSPS) is 10.8. The molecule has 0 unspecified atom stereocenters. The van der Waals surface area contributed by atoms with E-state index in [1.54, 1.807) is 0 Å². The molecule has 3 heteroatoms. The van der Waals surface area contributed by atoms with Gasteiger partial charge in [0.25, 0.3) is 0 Å². The molecule has 0 bridgehead atoms. The second kappa shape index (κ2) is 15.6. The average molecular weight is 341 g/mol. The largest absolute Gasteiger partial charge is 0.412 e. The van der Waals surface area contributed by atoms with E-state index in [9.17, 15) is 0 Å². The molecule has 1 rings (SSSR count). The number of hydrogen-bond acceptors (Lipinski definition) is 0. The van der Waals surface area contributed by atoms with E-state index in [4.69, 9.17) is 0 Å². The van der Waals surface area contributed by atoms with E-state index in [0.29, 0.717) is 0 Å². The molecule has 24 heavy (non-hydrogen) atoms. The van der Waals surface area contributed by atoms with Gasteiger partial charge in [-0.1, -0.05) is 88.6 Å². The van der Waals surface area contributed by atoms with Crippen LogP contribution in [-0.4, -0.2) is 36.1 Å². The van der Waals surface area contributed by atoms with Gasteiger partial charge in [0.15, 0.2) is 0 Å². The Hall–Kier alpha value is -0.900. The van der Waals surface area contributed by atoms with Gasteiger partial charge in [0.05, 0.1) is 20.6 Å². The fourth-order valence-corrected chi connectivity index (χ4v) is 3.18. The molecule has 142 valence electrons. The van der Waals surface area contributed by atoms with Gasteiger partial charge < -0.3 is 15.4 Å². The van der Waals surface area contributed by atoms with Crippen LogP contribution in [0.5, 0.6) is 0 Å². The van der Waals surface area contributed by atoms with E-state index in [1.807, 2.05) is 0 Å². The minimum atomic E-state index is 0. The van der Waals surface area contributed by atoms with Crippen LogP contribution in [0, 0.1) is 0 Å². The molecule has 0 amide bonds. The van der Waals surface area contributed by atoms with Crippen molar-refractivity contribution in [3.05, 3.63) is 35.9 Å². The lowest BCUT2D eigenvalue weighted by atomic mass is 10.1. The highest BCUT2D eigenvalue weighted by Gasteiger charge is 2.14. The van der Waals surface area contributed by atoms with Crippen molar-refractivity contribution in [1.29, 1.82) is 0 Å². The van der Waals surface area contributed by atoms with Gasteiger partial charge in [-0.25, -0.2) is 0 Å². The van der Waals surface area contributed by atoms with Crippen molar-refractivity contribution in [3.63, 3.8) is 0 Å². The number of benzene rings is 1. The number of rotatable bonds is 13. The molecule has 4 N–H and O–H groups in total. The highest BCUT2D eigenvalue weighted by atomic mass is 16.0. The first kappa shape index (κ1) is 25.3. The molecule has 0 aromatic heterocycles. The highest BCUT2D eigenvalue weighted by Crippen LogP contribution is 2.13. The second-order valence-corrected chi connectivity index (χ2v) is 7.49. The maximum atomic E-state index is 2.36. The highest BCUT2D eigenvalue weighted by molar-refractivity contribution is 5.13. The number of nitrogens with zero attached hydrogens (tertiary/aromatic N) is 1. The van der Waals surface area contributed by atoms with Crippen molar-refractivity contribution in [2.24, 2.45) is 0 Å². The SMILES string of the molecule is CCCCCCCCCCCC[N+](C)(C)Cc1ccccc1.O.O. The second-order valence-electron chi connectivity index (χ2n) is 7.49. The third-order valence-electron chi connectivity index (χ3n) is 4.57. The lowest BCUT2D eigenvalue weighted by molar-refractivity contribution is -0.903. The molecule has 0 fully saturated rings. The molecular weight excluding hydrogens is 298 g/mol. The van der Waals surface area contributed by atoms with Crippen LogP contribution in [0.2, 0.25) is 0 Å². The molecule has 3 nitrogen and oxygen atoms in total. The zero-order valence-corrected chi connectivity index (χ0v) is 16.3. The number of hydrogen-bond donors (Lipinski definition) is 0. The molecule has 0 radical (unpaired) electrons. The van der Waals surface area contributed by atoms with E-state index in [0.717, 1.165) is 11.0 Å². The van der Waals surface area contributed by atoms with E-state index < -0.39 is 0 Å². The van der Waals surface area contributed by atoms with E-state index in [2.05, 4.69) is 51.4 Å². The summed E-state index contributed by atoms with van der Waals surface area (Å²) in [6.45, 7) is 4.74. The first-order valence-corrected chi connectivity index (χ1v) is 9.50. The first-order chi connectivity index (χ1) is 10.6. The number of quaternary nitrogens is 1. The third kappa shape index (κ3) is 13.5. The zero-order chi connectivity index (χ0) is 16.1. The van der Waals surface area contributed by atoms with Crippen molar-refractivity contribution >= 4 is 0 Å². The van der Waals surface area contributed by atoms with Crippen molar-refractivity contribution in [2.45, 2.75) is 77.7 Å². The van der Waals surface area contributed by atoms with Crippen LogP contribution in [0.3, 0.4) is 0 Å². The Bertz CT molecular complexity index is 365. The van der Waals surface area contributed by atoms with Gasteiger partial charge in [-0.15, -0.1) is 0 Å². The summed E-state index contributed by atoms with van der Waals surface area (Å²) >= 11 is 0. The molecular formula is C21H42NO2+. The Balaban J connectivity index is 0. The van der Waals surface area contributed by atoms with Crippen LogP contribution in [0.25, 0.3) is 0 Å². The molecule has 1 aromatic rings. The minimum absolute atomic E-state index is 0. The van der Waals surface area contributed by atoms with Gasteiger partial charge in [0.1, 0.15) is 6.54 Å². The van der Waals surface area contributed by atoms with Crippen LogP contribution < -0.4 is 0 Å². The molecule has 1 aromatic carbocycles. The fourth-order valence-electron chi connectivity index (χ4n) is 3.18. The molecule has 0 spiro atoms. The van der Waals surface area contributed by atoms with E-state index in [1.165, 1.54) is 76.3 Å². The maximum Gasteiger partial charge on any atom is 0.104 e. The summed E-state index contributed by atoms with van der Waals surface area (Å²) in [5.74, 6) is 0. The first-order valence-electron chi connectivity index (χ1n) is 9.50. The smallest absolute Gasteiger partial charge is 0.104 e. The summed E-state index contributed by atoms with van der Waals surface area (Å²) in [7, 11) is 4.72. The monoisotopic (exact) mass is 340 g/mol. The molecule has 0 saturated heterocycles. The molecule has 0 aliphatic heterocycles. The average Bonchev–Trinajstić information content (AvgIpc) is 2.49. The van der Waals surface area contributed by atoms with Gasteiger partial charge in [-0.05, 0) is 12.8 Å². The standard InChI is InChI=1S/C21H38N.2H2O/c1-4-5-6-7-8-9-10-11-12-16-19-22(2,3)20-21-17-14-13-15-18-21;;/h13-15,17-18H,4-12,16,19-20H2,1-3H3;2*1H2/q+1;;. The van der Waals surface area contributed by atoms with Gasteiger partial charge in [-0.3, -0.25) is 0 Å². The topological polar surface area (TPSA) is 63.0 Å². The predicted octanol–water partition coefficient (Wildman–Crippen LogP) is 4.53. The Labute approximate surface area is 150 Å². The number of unbranched alkanes of at least 4 members (excludes halogenated alkanes) is 9. The van der Waals surface area contributed by atoms with E-state index >= 15 is 0 Å². The Morgan fingerprint density at radius 1 is 0.667 bits per heavy atom. The predicted molar refractivity (Wildman–Crippen MR) is 106 cm³/mol. The maximum absolute atomic E-state index is 2.36. The van der Waals surface area contributed by atoms with Crippen molar-refractivity contribution in [2.75, 3.05) is 20.6 Å². The van der Waals surface area contributed by atoms with Crippen LogP contribution in [0.4, 0.5) is 0 Å². The van der Waals surface area contributed by atoms with Gasteiger partial charge in [0, 0.05) is 5.56 Å². The lowest BCUT2D eigenvalue weighted by Crippen LogP contribution is -2.39. The fraction of sp³-hybridized carbons (Fsp3) is 0.714. The Morgan fingerprint density at radius 3 is 1.62 bits per heavy atom. The minimum Gasteiger partial charge on any atom is -0.412 e. The van der Waals surface area contributed by atoms with Crippen molar-refractivity contribution in [1.82, 2.24) is 0 Å². The van der Waals surface area contributed by atoms with Crippen LogP contribution in [0.15, 0.2) is 30.3 Å². The zero-order valence-electron chi connectivity index (χ0n) is 16.3. The summed E-state index contributed by atoms with van der Waals surface area (Å²) < 4.78 is 1.11. The summed E-state index contributed by atoms with van der Waals surface area (Å²) in [6.07, 6.45) is 14.2. The molecule has 0 saturated carbocycles. The molecule has 0 aliphatic rings. The van der Waals surface area contributed by atoms with Crippen molar-refractivity contribution < 1.29 is 15.4 Å². The lowest BCUT2D eigenvalue weighted by Gasteiger charge is -2.30. The summed E-state index contributed by atoms with van der Waals surface area (Å²) in [6, 6.07) is 10.9. The van der Waals surface area contributed by atoms with Crippen LogP contribution in [-0.2, 0) is 6.54 Å². The summed E-state index contributed by atoms with van der Waals surface area (Å²) in [4.78, 5) is 0. The third-order valence-corrected chi connectivity index (χ3v) is 4.57. The molecule has 0 atom stereocenters. The Morgan fingerprint density at radius 2 is 1.12 bits per heavy atom. The van der Waals surface area contributed by atoms with Gasteiger partial charge >= 0.3 is 0 Å².